The average Bonchev–Trinajstić information content (AvgIpc) is 3.51. The van der Waals surface area contributed by atoms with Crippen LogP contribution < -0.4 is 4.90 Å². The summed E-state index contributed by atoms with van der Waals surface area (Å²) in [6, 6.07) is 25.4. The molecular formula is C32H30N6O3S. The zero-order chi connectivity index (χ0) is 29.2. The summed E-state index contributed by atoms with van der Waals surface area (Å²) in [6.45, 7) is 4.89. The van der Waals surface area contributed by atoms with E-state index < -0.39 is 17.2 Å². The van der Waals surface area contributed by atoms with Crippen molar-refractivity contribution in [3.8, 4) is 0 Å². The molecule has 0 bridgehead atoms. The fourth-order valence-electron chi connectivity index (χ4n) is 5.51. The lowest BCUT2D eigenvalue weighted by Crippen LogP contribution is -2.48. The lowest BCUT2D eigenvalue weighted by atomic mass is 10.1. The molecule has 6 rings (SSSR count). The van der Waals surface area contributed by atoms with E-state index in [1.165, 1.54) is 16.7 Å². The molecule has 2 unspecified atom stereocenters. The number of anilines is 1. The average molecular weight is 579 g/mol. The molecule has 5 aromatic rings. The van der Waals surface area contributed by atoms with Crippen molar-refractivity contribution in [2.75, 3.05) is 4.90 Å². The monoisotopic (exact) mass is 578 g/mol. The van der Waals surface area contributed by atoms with Gasteiger partial charge in [-0.25, -0.2) is 9.88 Å². The minimum Gasteiger partial charge on any atom is -0.325 e. The van der Waals surface area contributed by atoms with E-state index in [0.29, 0.717) is 23.8 Å². The number of hydrogen-bond acceptors (Lipinski definition) is 7. The SMILES string of the molecule is CCC(Sc1nnc2c3ccccc3n(CC)c2n1)C(=O)N(Cc1ccccc1)C1CC(=O)N(c2ccccc2)C1=O. The molecule has 0 radical (unpaired) electrons. The highest BCUT2D eigenvalue weighted by atomic mass is 32.2. The molecule has 1 aliphatic rings. The van der Waals surface area contributed by atoms with E-state index in [1.807, 2.05) is 67.6 Å². The van der Waals surface area contributed by atoms with Crippen LogP contribution in [-0.2, 0) is 27.5 Å². The second-order valence-corrected chi connectivity index (χ2v) is 11.3. The van der Waals surface area contributed by atoms with Crippen LogP contribution in [0.25, 0.3) is 22.1 Å². The minimum atomic E-state index is -0.913. The Morgan fingerprint density at radius 3 is 2.36 bits per heavy atom. The van der Waals surface area contributed by atoms with E-state index in [2.05, 4.69) is 21.7 Å². The summed E-state index contributed by atoms with van der Waals surface area (Å²) >= 11 is 1.24. The molecule has 10 heteroatoms. The van der Waals surface area contributed by atoms with Crippen LogP contribution in [-0.4, -0.2) is 53.7 Å². The molecule has 42 heavy (non-hydrogen) atoms. The Kier molecular flexibility index (Phi) is 7.71. The summed E-state index contributed by atoms with van der Waals surface area (Å²) in [4.78, 5) is 48.6. The second-order valence-electron chi connectivity index (χ2n) is 10.1. The highest BCUT2D eigenvalue weighted by Gasteiger charge is 2.45. The number of imide groups is 1. The number of aromatic nitrogens is 4. The van der Waals surface area contributed by atoms with E-state index in [9.17, 15) is 14.4 Å². The largest absolute Gasteiger partial charge is 0.325 e. The summed E-state index contributed by atoms with van der Waals surface area (Å²) in [6.07, 6.45) is 0.401. The van der Waals surface area contributed by atoms with Gasteiger partial charge in [0.1, 0.15) is 11.6 Å². The fourth-order valence-corrected chi connectivity index (χ4v) is 6.39. The smallest absolute Gasteiger partial charge is 0.257 e. The maximum absolute atomic E-state index is 14.2. The van der Waals surface area contributed by atoms with E-state index in [0.717, 1.165) is 27.6 Å². The van der Waals surface area contributed by atoms with Gasteiger partial charge in [0.25, 0.3) is 5.91 Å². The Morgan fingerprint density at radius 1 is 0.952 bits per heavy atom. The van der Waals surface area contributed by atoms with Crippen molar-refractivity contribution in [1.82, 2.24) is 24.6 Å². The lowest BCUT2D eigenvalue weighted by molar-refractivity contribution is -0.138. The van der Waals surface area contributed by atoms with Gasteiger partial charge in [-0.15, -0.1) is 10.2 Å². The van der Waals surface area contributed by atoms with Gasteiger partial charge in [0.2, 0.25) is 17.0 Å². The van der Waals surface area contributed by atoms with E-state index in [4.69, 9.17) is 4.98 Å². The lowest BCUT2D eigenvalue weighted by Gasteiger charge is -2.30. The second kappa shape index (κ2) is 11.7. The van der Waals surface area contributed by atoms with Crippen LogP contribution in [0.2, 0.25) is 0 Å². The van der Waals surface area contributed by atoms with Gasteiger partial charge in [0.05, 0.1) is 22.9 Å². The van der Waals surface area contributed by atoms with Crippen molar-refractivity contribution >= 4 is 57.2 Å². The van der Waals surface area contributed by atoms with Crippen molar-refractivity contribution in [3.05, 3.63) is 90.5 Å². The number of fused-ring (bicyclic) bond motifs is 3. The van der Waals surface area contributed by atoms with Crippen LogP contribution in [0.3, 0.4) is 0 Å². The third-order valence-corrected chi connectivity index (χ3v) is 8.76. The first-order valence-corrected chi connectivity index (χ1v) is 14.9. The molecule has 0 saturated carbocycles. The maximum atomic E-state index is 14.2. The summed E-state index contributed by atoms with van der Waals surface area (Å²) < 4.78 is 2.09. The summed E-state index contributed by atoms with van der Waals surface area (Å²) in [7, 11) is 0. The third kappa shape index (κ3) is 5.02. The summed E-state index contributed by atoms with van der Waals surface area (Å²) in [5.41, 5.74) is 3.84. The molecule has 0 N–H and O–H groups in total. The number of hydrogen-bond donors (Lipinski definition) is 0. The first kappa shape index (κ1) is 27.6. The van der Waals surface area contributed by atoms with Crippen molar-refractivity contribution in [3.63, 3.8) is 0 Å². The minimum absolute atomic E-state index is 0.0754. The highest BCUT2D eigenvalue weighted by molar-refractivity contribution is 8.00. The molecule has 3 heterocycles. The van der Waals surface area contributed by atoms with Crippen molar-refractivity contribution in [1.29, 1.82) is 0 Å². The molecule has 0 spiro atoms. The molecule has 9 nitrogen and oxygen atoms in total. The number of benzene rings is 3. The number of aryl methyl sites for hydroxylation is 1. The maximum Gasteiger partial charge on any atom is 0.257 e. The van der Waals surface area contributed by atoms with Crippen LogP contribution in [0, 0.1) is 0 Å². The van der Waals surface area contributed by atoms with Crippen LogP contribution in [0.1, 0.15) is 32.3 Å². The van der Waals surface area contributed by atoms with Gasteiger partial charge >= 0.3 is 0 Å². The Hall–Kier alpha value is -4.57. The standard InChI is InChI=1S/C32H30N6O3S/c1-3-26(42-32-33-29-28(34-35-32)23-17-11-12-18-24(23)36(29)4-2)31(41)37(20-21-13-7-5-8-14-21)25-19-27(39)38(30(25)40)22-15-9-6-10-16-22/h5-18,25-26H,3-4,19-20H2,1-2H3. The Bertz CT molecular complexity index is 1780. The zero-order valence-electron chi connectivity index (χ0n) is 23.4. The number of carbonyl (C=O) groups excluding carboxylic acids is 3. The molecule has 3 aromatic carbocycles. The van der Waals surface area contributed by atoms with Crippen LogP contribution in [0.15, 0.2) is 90.1 Å². The third-order valence-electron chi connectivity index (χ3n) is 7.56. The predicted octanol–water partition coefficient (Wildman–Crippen LogP) is 5.23. The number of para-hydroxylation sites is 2. The predicted molar refractivity (Wildman–Crippen MR) is 163 cm³/mol. The Morgan fingerprint density at radius 2 is 1.64 bits per heavy atom. The van der Waals surface area contributed by atoms with E-state index >= 15 is 0 Å². The molecule has 1 aliphatic heterocycles. The van der Waals surface area contributed by atoms with E-state index in [-0.39, 0.29) is 24.8 Å². The number of carbonyl (C=O) groups is 3. The number of thioether (sulfide) groups is 1. The van der Waals surface area contributed by atoms with Crippen molar-refractivity contribution in [2.24, 2.45) is 0 Å². The summed E-state index contributed by atoms with van der Waals surface area (Å²) in [5, 5.41) is 9.67. The fraction of sp³-hybridized carbons (Fsp3) is 0.250. The number of nitrogens with zero attached hydrogens (tertiary/aromatic N) is 6. The van der Waals surface area contributed by atoms with Crippen molar-refractivity contribution in [2.45, 2.75) is 56.2 Å². The zero-order valence-corrected chi connectivity index (χ0v) is 24.2. The molecule has 2 atom stereocenters. The van der Waals surface area contributed by atoms with Gasteiger partial charge in [0.15, 0.2) is 5.65 Å². The molecule has 2 aromatic heterocycles. The van der Waals surface area contributed by atoms with Gasteiger partial charge < -0.3 is 9.47 Å². The highest BCUT2D eigenvalue weighted by Crippen LogP contribution is 2.32. The molecule has 1 fully saturated rings. The quantitative estimate of drug-likeness (QED) is 0.174. The normalized spacial score (nSPS) is 16.0. The molecule has 1 saturated heterocycles. The number of rotatable bonds is 9. The molecule has 212 valence electrons. The van der Waals surface area contributed by atoms with Gasteiger partial charge in [-0.1, -0.05) is 85.4 Å². The van der Waals surface area contributed by atoms with Gasteiger partial charge in [0, 0.05) is 18.5 Å². The van der Waals surface area contributed by atoms with Gasteiger partial charge in [-0.3, -0.25) is 14.4 Å². The number of amides is 3. The van der Waals surface area contributed by atoms with Gasteiger partial charge in [-0.2, -0.15) is 0 Å². The molecule has 0 aliphatic carbocycles. The topological polar surface area (TPSA) is 101 Å². The van der Waals surface area contributed by atoms with Crippen LogP contribution in [0.5, 0.6) is 0 Å². The Balaban J connectivity index is 1.32. The van der Waals surface area contributed by atoms with Crippen molar-refractivity contribution < 1.29 is 14.4 Å². The molecular weight excluding hydrogens is 548 g/mol. The summed E-state index contributed by atoms with van der Waals surface area (Å²) in [5.74, 6) is -0.970. The Labute approximate surface area is 247 Å². The van der Waals surface area contributed by atoms with Gasteiger partial charge in [-0.05, 0) is 37.1 Å². The first-order valence-electron chi connectivity index (χ1n) is 14.0. The van der Waals surface area contributed by atoms with Crippen LogP contribution in [0.4, 0.5) is 5.69 Å². The van der Waals surface area contributed by atoms with E-state index in [1.54, 1.807) is 29.2 Å². The molecule has 3 amide bonds. The first-order chi connectivity index (χ1) is 20.5. The van der Waals surface area contributed by atoms with Crippen LogP contribution >= 0.6 is 11.8 Å².